The molecular weight excluding hydrogens is 296 g/mol. The maximum absolute atomic E-state index is 12.5. The summed E-state index contributed by atoms with van der Waals surface area (Å²) < 4.78 is 11.1. The van der Waals surface area contributed by atoms with Crippen molar-refractivity contribution in [1.82, 2.24) is 20.0 Å². The molecule has 2 fully saturated rings. The van der Waals surface area contributed by atoms with Gasteiger partial charge in [-0.3, -0.25) is 9.80 Å². The molecule has 1 aromatic heterocycles. The summed E-state index contributed by atoms with van der Waals surface area (Å²) in [7, 11) is 0. The van der Waals surface area contributed by atoms with Crippen LogP contribution in [0.25, 0.3) is 0 Å². The zero-order valence-electron chi connectivity index (χ0n) is 14.4. The van der Waals surface area contributed by atoms with Crippen molar-refractivity contribution in [3.63, 3.8) is 0 Å². The highest BCUT2D eigenvalue weighted by Gasteiger charge is 2.42. The molecule has 0 spiro atoms. The number of aromatic nitrogens is 2. The zero-order valence-corrected chi connectivity index (χ0v) is 14.4. The van der Waals surface area contributed by atoms with Gasteiger partial charge in [0, 0.05) is 32.1 Å². The Morgan fingerprint density at radius 3 is 2.43 bits per heavy atom. The van der Waals surface area contributed by atoms with Crippen molar-refractivity contribution in [3.8, 4) is 0 Å². The lowest BCUT2D eigenvalue weighted by Crippen LogP contribution is -2.62. The van der Waals surface area contributed by atoms with Crippen LogP contribution in [0.1, 0.15) is 51.8 Å². The highest BCUT2D eigenvalue weighted by molar-refractivity contribution is 5.69. The van der Waals surface area contributed by atoms with Crippen LogP contribution in [-0.4, -0.2) is 56.9 Å². The predicted octanol–water partition coefficient (Wildman–Crippen LogP) is 2.35. The van der Waals surface area contributed by atoms with E-state index in [0.717, 1.165) is 25.9 Å². The van der Waals surface area contributed by atoms with Crippen molar-refractivity contribution in [1.29, 1.82) is 0 Å². The minimum atomic E-state index is -0.455. The Morgan fingerprint density at radius 1 is 1.26 bits per heavy atom. The third kappa shape index (κ3) is 3.83. The summed E-state index contributed by atoms with van der Waals surface area (Å²) in [5.74, 6) is 1.24. The topological polar surface area (TPSA) is 71.7 Å². The summed E-state index contributed by atoms with van der Waals surface area (Å²) >= 11 is 0. The van der Waals surface area contributed by atoms with E-state index in [-0.39, 0.29) is 18.2 Å². The van der Waals surface area contributed by atoms with Crippen molar-refractivity contribution in [2.75, 3.05) is 13.1 Å². The Morgan fingerprint density at radius 2 is 1.91 bits per heavy atom. The lowest BCUT2D eigenvalue weighted by Gasteiger charge is -2.49. The van der Waals surface area contributed by atoms with Crippen LogP contribution in [0.5, 0.6) is 0 Å². The van der Waals surface area contributed by atoms with Crippen molar-refractivity contribution in [2.24, 2.45) is 0 Å². The predicted molar refractivity (Wildman–Crippen MR) is 83.8 cm³/mol. The van der Waals surface area contributed by atoms with Gasteiger partial charge >= 0.3 is 6.09 Å². The summed E-state index contributed by atoms with van der Waals surface area (Å²) in [5, 5.41) is 7.95. The van der Waals surface area contributed by atoms with Crippen LogP contribution >= 0.6 is 0 Å². The Balaban J connectivity index is 1.67. The van der Waals surface area contributed by atoms with Crippen molar-refractivity contribution >= 4 is 6.09 Å². The van der Waals surface area contributed by atoms with Crippen molar-refractivity contribution < 1.29 is 13.9 Å². The zero-order chi connectivity index (χ0) is 16.6. The summed E-state index contributed by atoms with van der Waals surface area (Å²) in [4.78, 5) is 16.8. The molecule has 2 bridgehead atoms. The summed E-state index contributed by atoms with van der Waals surface area (Å²) in [6.45, 7) is 9.84. The quantitative estimate of drug-likeness (QED) is 0.832. The van der Waals surface area contributed by atoms with Gasteiger partial charge < -0.3 is 9.15 Å². The first-order chi connectivity index (χ1) is 10.8. The van der Waals surface area contributed by atoms with Gasteiger partial charge in [-0.05, 0) is 40.0 Å². The Hall–Kier alpha value is -1.63. The maximum Gasteiger partial charge on any atom is 0.410 e. The molecule has 0 saturated carbocycles. The molecule has 0 aliphatic carbocycles. The number of piperidine rings is 1. The molecule has 7 nitrogen and oxygen atoms in total. The molecule has 2 atom stereocenters. The summed E-state index contributed by atoms with van der Waals surface area (Å²) in [5.41, 5.74) is -0.455. The van der Waals surface area contributed by atoms with E-state index < -0.39 is 5.60 Å². The van der Waals surface area contributed by atoms with Crippen molar-refractivity contribution in [2.45, 2.75) is 71.2 Å². The number of fused-ring (bicyclic) bond motifs is 2. The number of hydrogen-bond acceptors (Lipinski definition) is 6. The first kappa shape index (κ1) is 16.2. The molecule has 23 heavy (non-hydrogen) atoms. The molecule has 128 valence electrons. The first-order valence-electron chi connectivity index (χ1n) is 8.34. The van der Waals surface area contributed by atoms with E-state index in [1.54, 1.807) is 6.92 Å². The molecule has 0 N–H and O–H groups in total. The van der Waals surface area contributed by atoms with Gasteiger partial charge in [0.2, 0.25) is 11.8 Å². The molecule has 0 unspecified atom stereocenters. The molecule has 2 saturated heterocycles. The number of ether oxygens (including phenoxy) is 1. The van der Waals surface area contributed by atoms with E-state index in [4.69, 9.17) is 9.15 Å². The SMILES string of the molecule is Cc1nnc(CN2C[C@H]3CCC[C@@H](C2)N3C(=O)OC(C)(C)C)o1. The largest absolute Gasteiger partial charge is 0.444 e. The molecule has 3 heterocycles. The van der Waals surface area contributed by atoms with E-state index in [1.807, 2.05) is 25.7 Å². The Kier molecular flexibility index (Phi) is 4.31. The lowest BCUT2D eigenvalue weighted by molar-refractivity contribution is -0.0402. The molecule has 2 aliphatic rings. The van der Waals surface area contributed by atoms with Gasteiger partial charge in [0.15, 0.2) is 0 Å². The summed E-state index contributed by atoms with van der Waals surface area (Å²) in [6, 6.07) is 0.419. The van der Waals surface area contributed by atoms with Crippen LogP contribution in [0.4, 0.5) is 4.79 Å². The second kappa shape index (κ2) is 6.11. The molecule has 0 radical (unpaired) electrons. The van der Waals surface area contributed by atoms with E-state index in [0.29, 0.717) is 18.3 Å². The van der Waals surface area contributed by atoms with Crippen LogP contribution in [0.2, 0.25) is 0 Å². The van der Waals surface area contributed by atoms with Gasteiger partial charge in [-0.25, -0.2) is 4.79 Å². The minimum Gasteiger partial charge on any atom is -0.444 e. The Labute approximate surface area is 137 Å². The van der Waals surface area contributed by atoms with Crippen molar-refractivity contribution in [3.05, 3.63) is 11.8 Å². The summed E-state index contributed by atoms with van der Waals surface area (Å²) in [6.07, 6.45) is 3.03. The van der Waals surface area contributed by atoms with Crippen LogP contribution in [-0.2, 0) is 11.3 Å². The number of carbonyl (C=O) groups is 1. The second-order valence-corrected chi connectivity index (χ2v) is 7.54. The number of piperazine rings is 1. The number of rotatable bonds is 2. The van der Waals surface area contributed by atoms with Crippen LogP contribution in [0.15, 0.2) is 4.42 Å². The highest BCUT2D eigenvalue weighted by atomic mass is 16.6. The van der Waals surface area contributed by atoms with E-state index >= 15 is 0 Å². The van der Waals surface area contributed by atoms with E-state index in [9.17, 15) is 4.79 Å². The van der Waals surface area contributed by atoms with Crippen LogP contribution in [0, 0.1) is 6.92 Å². The molecular formula is C16H26N4O3. The van der Waals surface area contributed by atoms with Crippen LogP contribution in [0.3, 0.4) is 0 Å². The van der Waals surface area contributed by atoms with E-state index in [2.05, 4.69) is 15.1 Å². The lowest BCUT2D eigenvalue weighted by atomic mass is 9.91. The average Bonchev–Trinajstić information content (AvgIpc) is 2.81. The number of aryl methyl sites for hydroxylation is 1. The van der Waals surface area contributed by atoms with Gasteiger partial charge in [-0.15, -0.1) is 10.2 Å². The molecule has 0 aromatic carbocycles. The van der Waals surface area contributed by atoms with Gasteiger partial charge in [0.1, 0.15) is 5.60 Å². The molecule has 1 aromatic rings. The highest BCUT2D eigenvalue weighted by Crippen LogP contribution is 2.30. The molecule has 2 aliphatic heterocycles. The standard InChI is InChI=1S/C16H26N4O3/c1-11-17-18-14(22-11)10-19-8-12-6-5-7-13(9-19)20(12)15(21)23-16(2,3)4/h12-13H,5-10H2,1-4H3/t12-,13+. The number of amides is 1. The fourth-order valence-corrected chi connectivity index (χ4v) is 3.53. The number of likely N-dealkylation sites (tertiary alicyclic amines) is 1. The monoisotopic (exact) mass is 322 g/mol. The maximum atomic E-state index is 12.5. The van der Waals surface area contributed by atoms with Gasteiger partial charge in [-0.2, -0.15) is 0 Å². The Bertz CT molecular complexity index is 552. The number of carbonyl (C=O) groups excluding carboxylic acids is 1. The number of hydrogen-bond donors (Lipinski definition) is 0. The van der Waals surface area contributed by atoms with Gasteiger partial charge in [0.25, 0.3) is 0 Å². The molecule has 7 heteroatoms. The minimum absolute atomic E-state index is 0.180. The normalized spacial score (nSPS) is 25.5. The van der Waals surface area contributed by atoms with Gasteiger partial charge in [-0.1, -0.05) is 0 Å². The molecule has 3 rings (SSSR count). The molecule has 1 amide bonds. The van der Waals surface area contributed by atoms with Crippen LogP contribution < -0.4 is 0 Å². The second-order valence-electron chi connectivity index (χ2n) is 7.54. The smallest absolute Gasteiger partial charge is 0.410 e. The third-order valence-electron chi connectivity index (χ3n) is 4.33. The van der Waals surface area contributed by atoms with Gasteiger partial charge in [0.05, 0.1) is 6.54 Å². The average molecular weight is 322 g/mol. The fourth-order valence-electron chi connectivity index (χ4n) is 3.53. The fraction of sp³-hybridized carbons (Fsp3) is 0.812. The van der Waals surface area contributed by atoms with E-state index in [1.165, 1.54) is 6.42 Å². The number of nitrogens with zero attached hydrogens (tertiary/aromatic N) is 4. The first-order valence-corrected chi connectivity index (χ1v) is 8.34. The third-order valence-corrected chi connectivity index (χ3v) is 4.33.